The first-order valence-corrected chi connectivity index (χ1v) is 5.77. The van der Waals surface area contributed by atoms with Gasteiger partial charge in [-0.25, -0.2) is 0 Å². The van der Waals surface area contributed by atoms with E-state index in [1.807, 2.05) is 0 Å². The highest BCUT2D eigenvalue weighted by Crippen LogP contribution is 2.27. The van der Waals surface area contributed by atoms with Crippen LogP contribution in [-0.4, -0.2) is 37.6 Å². The maximum Gasteiger partial charge on any atom is 0.0116 e. The summed E-state index contributed by atoms with van der Waals surface area (Å²) in [7, 11) is 2.31. The fourth-order valence-corrected chi connectivity index (χ4v) is 2.48. The maximum atomic E-state index is 3.42. The fourth-order valence-electron chi connectivity index (χ4n) is 2.48. The molecule has 0 radical (unpaired) electrons. The predicted octanol–water partition coefficient (Wildman–Crippen LogP) is 1.47. The van der Waals surface area contributed by atoms with Gasteiger partial charge in [0.15, 0.2) is 0 Å². The van der Waals surface area contributed by atoms with Crippen LogP contribution >= 0.6 is 0 Å². The molecule has 1 saturated heterocycles. The number of hydrogen-bond donors (Lipinski definition) is 1. The third kappa shape index (κ3) is 2.44. The van der Waals surface area contributed by atoms with Crippen LogP contribution in [0.2, 0.25) is 0 Å². The molecule has 0 bridgehead atoms. The lowest BCUT2D eigenvalue weighted by Crippen LogP contribution is -2.43. The minimum absolute atomic E-state index is 0.863. The van der Waals surface area contributed by atoms with Gasteiger partial charge in [0.2, 0.25) is 0 Å². The zero-order chi connectivity index (χ0) is 9.10. The molecule has 0 atom stereocenters. The molecule has 0 unspecified atom stereocenters. The van der Waals surface area contributed by atoms with Gasteiger partial charge < -0.3 is 10.2 Å². The van der Waals surface area contributed by atoms with E-state index in [2.05, 4.69) is 17.3 Å². The molecule has 13 heavy (non-hydrogen) atoms. The first-order chi connectivity index (χ1) is 6.36. The number of rotatable bonds is 3. The van der Waals surface area contributed by atoms with Crippen LogP contribution in [0, 0.1) is 5.92 Å². The van der Waals surface area contributed by atoms with Crippen molar-refractivity contribution in [2.45, 2.75) is 38.1 Å². The standard InChI is InChI=1S/C11H22N2/c1-13(9-10-3-2-4-10)11-5-7-12-8-6-11/h10-12H,2-9H2,1H3. The third-order valence-electron chi connectivity index (χ3n) is 3.70. The summed E-state index contributed by atoms with van der Waals surface area (Å²) < 4.78 is 0. The smallest absolute Gasteiger partial charge is 0.0116 e. The summed E-state index contributed by atoms with van der Waals surface area (Å²) in [5.41, 5.74) is 0. The number of hydrogen-bond acceptors (Lipinski definition) is 2. The van der Waals surface area contributed by atoms with Gasteiger partial charge in [-0.3, -0.25) is 0 Å². The normalized spacial score (nSPS) is 26.3. The van der Waals surface area contributed by atoms with Gasteiger partial charge in [0.1, 0.15) is 0 Å². The molecule has 0 spiro atoms. The molecule has 1 aliphatic carbocycles. The number of nitrogens with one attached hydrogen (secondary N) is 1. The van der Waals surface area contributed by atoms with Gasteiger partial charge in [-0.05, 0) is 51.7 Å². The summed E-state index contributed by atoms with van der Waals surface area (Å²) in [5.74, 6) is 1.03. The van der Waals surface area contributed by atoms with E-state index in [0.29, 0.717) is 0 Å². The van der Waals surface area contributed by atoms with Crippen molar-refractivity contribution < 1.29 is 0 Å². The van der Waals surface area contributed by atoms with Crippen molar-refractivity contribution in [3.8, 4) is 0 Å². The van der Waals surface area contributed by atoms with Crippen molar-refractivity contribution in [2.75, 3.05) is 26.7 Å². The van der Waals surface area contributed by atoms with Gasteiger partial charge in [0.05, 0.1) is 0 Å². The van der Waals surface area contributed by atoms with E-state index < -0.39 is 0 Å². The lowest BCUT2D eigenvalue weighted by atomic mass is 9.84. The highest BCUT2D eigenvalue weighted by Gasteiger charge is 2.23. The molecule has 1 saturated carbocycles. The monoisotopic (exact) mass is 182 g/mol. The zero-order valence-electron chi connectivity index (χ0n) is 8.76. The second-order valence-electron chi connectivity index (χ2n) is 4.72. The van der Waals surface area contributed by atoms with E-state index in [1.54, 1.807) is 0 Å². The lowest BCUT2D eigenvalue weighted by molar-refractivity contribution is 0.140. The molecule has 0 aromatic heterocycles. The van der Waals surface area contributed by atoms with Crippen molar-refractivity contribution in [3.05, 3.63) is 0 Å². The molecule has 2 fully saturated rings. The Morgan fingerprint density at radius 3 is 2.38 bits per heavy atom. The first kappa shape index (κ1) is 9.47. The highest BCUT2D eigenvalue weighted by atomic mass is 15.1. The summed E-state index contributed by atoms with van der Waals surface area (Å²) in [4.78, 5) is 2.60. The molecule has 2 aliphatic rings. The van der Waals surface area contributed by atoms with Crippen molar-refractivity contribution >= 4 is 0 Å². The van der Waals surface area contributed by atoms with Crippen LogP contribution in [0.4, 0.5) is 0 Å². The topological polar surface area (TPSA) is 15.3 Å². The number of piperidine rings is 1. The summed E-state index contributed by atoms with van der Waals surface area (Å²) in [6, 6.07) is 0.863. The van der Waals surface area contributed by atoms with Gasteiger partial charge >= 0.3 is 0 Å². The second-order valence-corrected chi connectivity index (χ2v) is 4.72. The van der Waals surface area contributed by atoms with Crippen LogP contribution in [-0.2, 0) is 0 Å². The minimum Gasteiger partial charge on any atom is -0.317 e. The van der Waals surface area contributed by atoms with Gasteiger partial charge in [0.25, 0.3) is 0 Å². The van der Waals surface area contributed by atoms with E-state index in [0.717, 1.165) is 12.0 Å². The van der Waals surface area contributed by atoms with Gasteiger partial charge in [-0.2, -0.15) is 0 Å². The molecule has 1 aliphatic heterocycles. The Balaban J connectivity index is 1.70. The van der Waals surface area contributed by atoms with Gasteiger partial charge in [-0.1, -0.05) is 6.42 Å². The first-order valence-electron chi connectivity index (χ1n) is 5.77. The summed E-state index contributed by atoms with van der Waals surface area (Å²) in [5, 5.41) is 3.42. The van der Waals surface area contributed by atoms with Crippen molar-refractivity contribution in [3.63, 3.8) is 0 Å². The largest absolute Gasteiger partial charge is 0.317 e. The van der Waals surface area contributed by atoms with Crippen LogP contribution in [0.15, 0.2) is 0 Å². The van der Waals surface area contributed by atoms with Crippen molar-refractivity contribution in [2.24, 2.45) is 5.92 Å². The lowest BCUT2D eigenvalue weighted by Gasteiger charge is -2.36. The Labute approximate surface area is 81.7 Å². The predicted molar refractivity (Wildman–Crippen MR) is 55.9 cm³/mol. The Kier molecular flexibility index (Phi) is 3.23. The van der Waals surface area contributed by atoms with E-state index in [9.17, 15) is 0 Å². The fraction of sp³-hybridized carbons (Fsp3) is 1.00. The van der Waals surface area contributed by atoms with Crippen LogP contribution in [0.5, 0.6) is 0 Å². The Hall–Kier alpha value is -0.0800. The van der Waals surface area contributed by atoms with Crippen LogP contribution in [0.25, 0.3) is 0 Å². The highest BCUT2D eigenvalue weighted by molar-refractivity contribution is 4.79. The Morgan fingerprint density at radius 2 is 1.85 bits per heavy atom. The van der Waals surface area contributed by atoms with E-state index in [4.69, 9.17) is 0 Å². The molecular weight excluding hydrogens is 160 g/mol. The maximum absolute atomic E-state index is 3.42. The minimum atomic E-state index is 0.863. The van der Waals surface area contributed by atoms with Crippen LogP contribution < -0.4 is 5.32 Å². The average molecular weight is 182 g/mol. The van der Waals surface area contributed by atoms with Crippen LogP contribution in [0.1, 0.15) is 32.1 Å². The van der Waals surface area contributed by atoms with E-state index >= 15 is 0 Å². The van der Waals surface area contributed by atoms with E-state index in [-0.39, 0.29) is 0 Å². The Morgan fingerprint density at radius 1 is 1.15 bits per heavy atom. The number of nitrogens with zero attached hydrogens (tertiary/aromatic N) is 1. The molecule has 0 aromatic rings. The molecule has 0 amide bonds. The molecule has 1 N–H and O–H groups in total. The SMILES string of the molecule is CN(CC1CCC1)C1CCNCC1. The molecule has 0 aromatic carbocycles. The van der Waals surface area contributed by atoms with Gasteiger partial charge in [0, 0.05) is 12.6 Å². The van der Waals surface area contributed by atoms with Crippen molar-refractivity contribution in [1.82, 2.24) is 10.2 Å². The summed E-state index contributed by atoms with van der Waals surface area (Å²) in [6.07, 6.45) is 7.14. The molecule has 2 heteroatoms. The summed E-state index contributed by atoms with van der Waals surface area (Å²) in [6.45, 7) is 3.80. The molecule has 76 valence electrons. The van der Waals surface area contributed by atoms with Crippen LogP contribution in [0.3, 0.4) is 0 Å². The summed E-state index contributed by atoms with van der Waals surface area (Å²) >= 11 is 0. The van der Waals surface area contributed by atoms with Crippen molar-refractivity contribution in [1.29, 1.82) is 0 Å². The quantitative estimate of drug-likeness (QED) is 0.711. The molecule has 2 rings (SSSR count). The average Bonchev–Trinajstić information content (AvgIpc) is 2.12. The third-order valence-corrected chi connectivity index (χ3v) is 3.70. The zero-order valence-corrected chi connectivity index (χ0v) is 8.76. The molecule has 2 nitrogen and oxygen atoms in total. The Bertz CT molecular complexity index is 148. The van der Waals surface area contributed by atoms with Gasteiger partial charge in [-0.15, -0.1) is 0 Å². The molecule has 1 heterocycles. The molecular formula is C11H22N2. The second kappa shape index (κ2) is 4.43. The van der Waals surface area contributed by atoms with E-state index in [1.165, 1.54) is 51.7 Å².